The van der Waals surface area contributed by atoms with Gasteiger partial charge in [0.1, 0.15) is 0 Å². The fraction of sp³-hybridized carbons (Fsp3) is 0.0588. The molecule has 1 heterocycles. The van der Waals surface area contributed by atoms with Crippen molar-refractivity contribution >= 4 is 23.4 Å². The Morgan fingerprint density at radius 1 is 1.05 bits per heavy atom. The van der Waals surface area contributed by atoms with Crippen LogP contribution < -0.4 is 5.32 Å². The van der Waals surface area contributed by atoms with E-state index in [-0.39, 0.29) is 5.91 Å². The van der Waals surface area contributed by atoms with Gasteiger partial charge in [-0.1, -0.05) is 18.2 Å². The number of carbonyl (C=O) groups excluding carboxylic acids is 1. The zero-order valence-electron chi connectivity index (χ0n) is 11.8. The number of carbonyl (C=O) groups is 1. The molecule has 110 valence electrons. The normalized spacial score (nSPS) is 10.4. The summed E-state index contributed by atoms with van der Waals surface area (Å²) in [4.78, 5) is 13.0. The van der Waals surface area contributed by atoms with Gasteiger partial charge >= 0.3 is 0 Å². The molecule has 22 heavy (non-hydrogen) atoms. The van der Waals surface area contributed by atoms with Crippen LogP contribution in [-0.2, 0) is 4.79 Å². The van der Waals surface area contributed by atoms with Gasteiger partial charge in [-0.2, -0.15) is 5.10 Å². The van der Waals surface area contributed by atoms with Crippen LogP contribution in [0.3, 0.4) is 0 Å². The highest BCUT2D eigenvalue weighted by Gasteiger charge is 2.04. The second-order valence-corrected chi connectivity index (χ2v) is 5.70. The second kappa shape index (κ2) is 6.95. The molecule has 0 bridgehead atoms. The van der Waals surface area contributed by atoms with Crippen LogP contribution in [0.5, 0.6) is 0 Å². The molecule has 0 spiro atoms. The standard InChI is InChI=1S/C17H15N3OS/c21-17(13-22-16-5-2-1-3-6-16)19-14-7-9-15(10-8-14)20-12-4-11-18-20/h1-12H,13H2,(H,19,21). The molecule has 1 aromatic heterocycles. The average molecular weight is 309 g/mol. The number of aromatic nitrogens is 2. The number of hydrogen-bond acceptors (Lipinski definition) is 3. The lowest BCUT2D eigenvalue weighted by Gasteiger charge is -2.07. The minimum absolute atomic E-state index is 0.0132. The Kier molecular flexibility index (Phi) is 4.56. The van der Waals surface area contributed by atoms with E-state index in [4.69, 9.17) is 0 Å². The first kappa shape index (κ1) is 14.4. The Balaban J connectivity index is 1.55. The van der Waals surface area contributed by atoms with Crippen LogP contribution in [0.15, 0.2) is 78.0 Å². The van der Waals surface area contributed by atoms with Gasteiger partial charge in [0.2, 0.25) is 5.91 Å². The van der Waals surface area contributed by atoms with Crippen molar-refractivity contribution in [2.24, 2.45) is 0 Å². The molecule has 2 aromatic carbocycles. The van der Waals surface area contributed by atoms with Gasteiger partial charge in [-0.25, -0.2) is 4.68 Å². The maximum atomic E-state index is 11.9. The highest BCUT2D eigenvalue weighted by Crippen LogP contribution is 2.18. The predicted octanol–water partition coefficient (Wildman–Crippen LogP) is 3.60. The Morgan fingerprint density at radius 3 is 2.50 bits per heavy atom. The number of nitrogens with zero attached hydrogens (tertiary/aromatic N) is 2. The summed E-state index contributed by atoms with van der Waals surface area (Å²) in [6, 6.07) is 19.4. The minimum Gasteiger partial charge on any atom is -0.325 e. The van der Waals surface area contributed by atoms with E-state index >= 15 is 0 Å². The van der Waals surface area contributed by atoms with Crippen molar-refractivity contribution in [2.45, 2.75) is 4.90 Å². The average Bonchev–Trinajstić information content (AvgIpc) is 3.09. The van der Waals surface area contributed by atoms with E-state index < -0.39 is 0 Å². The zero-order chi connectivity index (χ0) is 15.2. The predicted molar refractivity (Wildman–Crippen MR) is 89.4 cm³/mol. The van der Waals surface area contributed by atoms with Crippen LogP contribution in [0.1, 0.15) is 0 Å². The maximum Gasteiger partial charge on any atom is 0.234 e. The highest BCUT2D eigenvalue weighted by atomic mass is 32.2. The number of rotatable bonds is 5. The molecule has 0 fully saturated rings. The van der Waals surface area contributed by atoms with Crippen LogP contribution in [0.2, 0.25) is 0 Å². The molecule has 0 aliphatic carbocycles. The third kappa shape index (κ3) is 3.77. The first-order valence-electron chi connectivity index (χ1n) is 6.89. The summed E-state index contributed by atoms with van der Waals surface area (Å²) in [7, 11) is 0. The van der Waals surface area contributed by atoms with Gasteiger partial charge in [0.25, 0.3) is 0 Å². The van der Waals surface area contributed by atoms with E-state index in [9.17, 15) is 4.79 Å². The molecule has 0 aliphatic heterocycles. The van der Waals surface area contributed by atoms with Gasteiger partial charge in [-0.05, 0) is 42.5 Å². The monoisotopic (exact) mass is 309 g/mol. The number of benzene rings is 2. The van der Waals surface area contributed by atoms with Gasteiger partial charge < -0.3 is 5.32 Å². The number of amides is 1. The third-order valence-corrected chi connectivity index (χ3v) is 4.05. The Bertz CT molecular complexity index is 724. The van der Waals surface area contributed by atoms with E-state index in [1.807, 2.05) is 66.9 Å². The van der Waals surface area contributed by atoms with E-state index in [0.29, 0.717) is 5.75 Å². The summed E-state index contributed by atoms with van der Waals surface area (Å²) in [5.41, 5.74) is 1.75. The molecule has 1 amide bonds. The van der Waals surface area contributed by atoms with E-state index in [0.717, 1.165) is 16.3 Å². The van der Waals surface area contributed by atoms with Crippen molar-refractivity contribution in [3.05, 3.63) is 73.1 Å². The molecule has 4 nitrogen and oxygen atoms in total. The quantitative estimate of drug-likeness (QED) is 0.733. The fourth-order valence-corrected chi connectivity index (χ4v) is 2.70. The summed E-state index contributed by atoms with van der Waals surface area (Å²) >= 11 is 1.52. The van der Waals surface area contributed by atoms with Crippen molar-refractivity contribution in [1.29, 1.82) is 0 Å². The van der Waals surface area contributed by atoms with Gasteiger partial charge in [0, 0.05) is 23.0 Å². The third-order valence-electron chi connectivity index (χ3n) is 3.03. The maximum absolute atomic E-state index is 11.9. The largest absolute Gasteiger partial charge is 0.325 e. The SMILES string of the molecule is O=C(CSc1ccccc1)Nc1ccc(-n2cccn2)cc1. The summed E-state index contributed by atoms with van der Waals surface area (Å²) in [6.07, 6.45) is 3.61. The molecule has 0 aliphatic rings. The summed E-state index contributed by atoms with van der Waals surface area (Å²) < 4.78 is 1.77. The number of anilines is 1. The summed E-state index contributed by atoms with van der Waals surface area (Å²) in [6.45, 7) is 0. The first-order chi connectivity index (χ1) is 10.8. The molecule has 0 saturated heterocycles. The van der Waals surface area contributed by atoms with E-state index in [2.05, 4.69) is 10.4 Å². The van der Waals surface area contributed by atoms with E-state index in [1.54, 1.807) is 10.9 Å². The van der Waals surface area contributed by atoms with Crippen LogP contribution in [0.25, 0.3) is 5.69 Å². The van der Waals surface area contributed by atoms with E-state index in [1.165, 1.54) is 11.8 Å². The zero-order valence-corrected chi connectivity index (χ0v) is 12.7. The van der Waals surface area contributed by atoms with Gasteiger partial charge in [-0.3, -0.25) is 4.79 Å². The molecule has 1 N–H and O–H groups in total. The Morgan fingerprint density at radius 2 is 1.82 bits per heavy atom. The van der Waals surface area contributed by atoms with Gasteiger partial charge in [0.15, 0.2) is 0 Å². The van der Waals surface area contributed by atoms with Crippen LogP contribution in [-0.4, -0.2) is 21.4 Å². The number of hydrogen-bond donors (Lipinski definition) is 1. The molecule has 3 aromatic rings. The molecule has 0 atom stereocenters. The molecule has 0 unspecified atom stereocenters. The smallest absolute Gasteiger partial charge is 0.234 e. The molecule has 0 saturated carbocycles. The van der Waals surface area contributed by atoms with Crippen molar-refractivity contribution < 1.29 is 4.79 Å². The molecule has 5 heteroatoms. The van der Waals surface area contributed by atoms with Crippen molar-refractivity contribution in [3.8, 4) is 5.69 Å². The van der Waals surface area contributed by atoms with Gasteiger partial charge in [-0.15, -0.1) is 11.8 Å². The highest BCUT2D eigenvalue weighted by molar-refractivity contribution is 8.00. The van der Waals surface area contributed by atoms with Crippen LogP contribution >= 0.6 is 11.8 Å². The molecular formula is C17H15N3OS. The summed E-state index contributed by atoms with van der Waals surface area (Å²) in [5.74, 6) is 0.381. The minimum atomic E-state index is -0.0132. The fourth-order valence-electron chi connectivity index (χ4n) is 1.98. The van der Waals surface area contributed by atoms with Gasteiger partial charge in [0.05, 0.1) is 11.4 Å². The Labute approximate surface area is 133 Å². The first-order valence-corrected chi connectivity index (χ1v) is 7.87. The lowest BCUT2D eigenvalue weighted by Crippen LogP contribution is -2.13. The summed E-state index contributed by atoms with van der Waals surface area (Å²) in [5, 5.41) is 7.06. The van der Waals surface area contributed by atoms with Crippen molar-refractivity contribution in [3.63, 3.8) is 0 Å². The van der Waals surface area contributed by atoms with Crippen LogP contribution in [0, 0.1) is 0 Å². The molecular weight excluding hydrogens is 294 g/mol. The topological polar surface area (TPSA) is 46.9 Å². The second-order valence-electron chi connectivity index (χ2n) is 4.65. The molecule has 3 rings (SSSR count). The van der Waals surface area contributed by atoms with Crippen molar-refractivity contribution in [2.75, 3.05) is 11.1 Å². The lowest BCUT2D eigenvalue weighted by molar-refractivity contribution is -0.113. The van der Waals surface area contributed by atoms with Crippen molar-refractivity contribution in [1.82, 2.24) is 9.78 Å². The Hall–Kier alpha value is -2.53. The lowest BCUT2D eigenvalue weighted by atomic mass is 10.3. The number of nitrogens with one attached hydrogen (secondary N) is 1. The molecule has 0 radical (unpaired) electrons. The number of thioether (sulfide) groups is 1. The van der Waals surface area contributed by atoms with Crippen LogP contribution in [0.4, 0.5) is 5.69 Å².